The van der Waals surface area contributed by atoms with Crippen LogP contribution in [0.4, 0.5) is 17.6 Å². The number of ether oxygens (including phenoxy) is 1. The molecule has 1 aliphatic rings. The highest BCUT2D eigenvalue weighted by atomic mass is 19.3. The van der Waals surface area contributed by atoms with Gasteiger partial charge >= 0.3 is 12.3 Å². The first-order valence-electron chi connectivity index (χ1n) is 7.04. The Labute approximate surface area is 130 Å². The van der Waals surface area contributed by atoms with Crippen molar-refractivity contribution in [1.82, 2.24) is 15.2 Å². The Morgan fingerprint density at radius 1 is 1.52 bits per heavy atom. The third kappa shape index (κ3) is 4.31. The quantitative estimate of drug-likeness (QED) is 0.806. The van der Waals surface area contributed by atoms with E-state index >= 15 is 0 Å². The number of carbonyl (C=O) groups excluding carboxylic acids is 1. The van der Waals surface area contributed by atoms with Gasteiger partial charge in [-0.3, -0.25) is 4.79 Å². The second-order valence-electron chi connectivity index (χ2n) is 5.30. The molecule has 0 aromatic carbocycles. The molecule has 23 heavy (non-hydrogen) atoms. The van der Waals surface area contributed by atoms with Gasteiger partial charge < -0.3 is 15.0 Å². The number of likely N-dealkylation sites (N-methyl/N-ethyl adjacent to an activating group) is 1. The highest BCUT2D eigenvalue weighted by Crippen LogP contribution is 2.23. The van der Waals surface area contributed by atoms with Crippen molar-refractivity contribution >= 4 is 5.91 Å². The molecule has 1 saturated heterocycles. The van der Waals surface area contributed by atoms with Gasteiger partial charge in [0.25, 0.3) is 5.91 Å². The first-order valence-corrected chi connectivity index (χ1v) is 7.04. The van der Waals surface area contributed by atoms with E-state index in [1.807, 2.05) is 0 Å². The van der Waals surface area contributed by atoms with Gasteiger partial charge in [-0.15, -0.1) is 0 Å². The van der Waals surface area contributed by atoms with Crippen LogP contribution in [0.25, 0.3) is 0 Å². The van der Waals surface area contributed by atoms with Crippen molar-refractivity contribution in [3.05, 3.63) is 23.9 Å². The number of aromatic nitrogens is 1. The molecule has 2 rings (SSSR count). The first kappa shape index (κ1) is 17.5. The molecule has 1 N–H and O–H groups in total. The number of amides is 1. The van der Waals surface area contributed by atoms with E-state index in [-0.39, 0.29) is 23.4 Å². The van der Waals surface area contributed by atoms with Gasteiger partial charge in [0.1, 0.15) is 0 Å². The SMILES string of the molecule is CN(C(=O)c1ccc(OCC(F)(F)C(F)F)nc1)C1CCNC1. The lowest BCUT2D eigenvalue weighted by atomic mass is 10.2. The largest absolute Gasteiger partial charge is 0.471 e. The minimum absolute atomic E-state index is 0.0863. The van der Waals surface area contributed by atoms with Crippen LogP contribution < -0.4 is 10.1 Å². The van der Waals surface area contributed by atoms with E-state index in [0.29, 0.717) is 6.54 Å². The second kappa shape index (κ2) is 7.12. The molecule has 1 unspecified atom stereocenters. The Balaban J connectivity index is 1.95. The van der Waals surface area contributed by atoms with E-state index in [9.17, 15) is 22.4 Å². The van der Waals surface area contributed by atoms with E-state index in [1.54, 1.807) is 11.9 Å². The minimum atomic E-state index is -4.24. The van der Waals surface area contributed by atoms with Gasteiger partial charge in [-0.2, -0.15) is 8.78 Å². The van der Waals surface area contributed by atoms with Crippen molar-refractivity contribution in [2.45, 2.75) is 24.8 Å². The molecule has 0 radical (unpaired) electrons. The molecule has 9 heteroatoms. The maximum atomic E-state index is 12.7. The summed E-state index contributed by atoms with van der Waals surface area (Å²) in [5.74, 6) is -4.74. The number of hydrogen-bond donors (Lipinski definition) is 1. The molecule has 2 heterocycles. The summed E-state index contributed by atoms with van der Waals surface area (Å²) in [7, 11) is 1.67. The fourth-order valence-electron chi connectivity index (χ4n) is 2.16. The summed E-state index contributed by atoms with van der Waals surface area (Å²) < 4.78 is 54.1. The molecular weight excluding hydrogens is 318 g/mol. The molecule has 1 aromatic rings. The topological polar surface area (TPSA) is 54.5 Å². The number of carbonyl (C=O) groups is 1. The van der Waals surface area contributed by atoms with Gasteiger partial charge in [0.2, 0.25) is 5.88 Å². The molecule has 1 fully saturated rings. The van der Waals surface area contributed by atoms with Gasteiger partial charge in [0.05, 0.1) is 5.56 Å². The molecule has 0 bridgehead atoms. The number of nitrogens with zero attached hydrogens (tertiary/aromatic N) is 2. The molecule has 0 spiro atoms. The van der Waals surface area contributed by atoms with Crippen LogP contribution in [-0.2, 0) is 0 Å². The van der Waals surface area contributed by atoms with Crippen LogP contribution in [0.15, 0.2) is 18.3 Å². The number of halogens is 4. The molecular formula is C14H17F4N3O2. The van der Waals surface area contributed by atoms with E-state index in [0.717, 1.165) is 13.0 Å². The minimum Gasteiger partial charge on any atom is -0.471 e. The van der Waals surface area contributed by atoms with Gasteiger partial charge in [-0.1, -0.05) is 0 Å². The predicted molar refractivity (Wildman–Crippen MR) is 74.1 cm³/mol. The highest BCUT2D eigenvalue weighted by Gasteiger charge is 2.41. The predicted octanol–water partition coefficient (Wildman–Crippen LogP) is 1.79. The summed E-state index contributed by atoms with van der Waals surface area (Å²) in [5, 5.41) is 3.15. The fraction of sp³-hybridized carbons (Fsp3) is 0.571. The summed E-state index contributed by atoms with van der Waals surface area (Å²) in [4.78, 5) is 17.5. The maximum absolute atomic E-state index is 12.7. The zero-order chi connectivity index (χ0) is 17.0. The summed E-state index contributed by atoms with van der Waals surface area (Å²) in [6, 6.07) is 2.66. The average molecular weight is 335 g/mol. The van der Waals surface area contributed by atoms with Crippen molar-refractivity contribution in [2.75, 3.05) is 26.7 Å². The Kier molecular flexibility index (Phi) is 5.40. The normalized spacial score (nSPS) is 18.3. The molecule has 5 nitrogen and oxygen atoms in total. The number of alkyl halides is 4. The van der Waals surface area contributed by atoms with Crippen LogP contribution in [0.3, 0.4) is 0 Å². The van der Waals surface area contributed by atoms with Gasteiger partial charge in [-0.05, 0) is 19.0 Å². The monoisotopic (exact) mass is 335 g/mol. The zero-order valence-corrected chi connectivity index (χ0v) is 12.4. The fourth-order valence-corrected chi connectivity index (χ4v) is 2.16. The van der Waals surface area contributed by atoms with Crippen LogP contribution in [0.2, 0.25) is 0 Å². The van der Waals surface area contributed by atoms with Crippen LogP contribution in [0, 0.1) is 0 Å². The lowest BCUT2D eigenvalue weighted by Crippen LogP contribution is -2.38. The van der Waals surface area contributed by atoms with E-state index in [1.165, 1.54) is 18.3 Å². The number of hydrogen-bond acceptors (Lipinski definition) is 4. The van der Waals surface area contributed by atoms with E-state index in [4.69, 9.17) is 0 Å². The van der Waals surface area contributed by atoms with Crippen molar-refractivity contribution in [1.29, 1.82) is 0 Å². The van der Waals surface area contributed by atoms with Gasteiger partial charge in [-0.25, -0.2) is 13.8 Å². The molecule has 1 aliphatic heterocycles. The summed E-state index contributed by atoms with van der Waals surface area (Å²) in [5.41, 5.74) is 0.271. The van der Waals surface area contributed by atoms with Crippen molar-refractivity contribution in [3.63, 3.8) is 0 Å². The van der Waals surface area contributed by atoms with Crippen molar-refractivity contribution in [2.24, 2.45) is 0 Å². The van der Waals surface area contributed by atoms with E-state index in [2.05, 4.69) is 15.0 Å². The Morgan fingerprint density at radius 3 is 2.78 bits per heavy atom. The summed E-state index contributed by atoms with van der Waals surface area (Å²) >= 11 is 0. The van der Waals surface area contributed by atoms with Gasteiger partial charge in [0.15, 0.2) is 6.61 Å². The highest BCUT2D eigenvalue weighted by molar-refractivity contribution is 5.94. The second-order valence-corrected chi connectivity index (χ2v) is 5.30. The molecule has 1 amide bonds. The van der Waals surface area contributed by atoms with Crippen molar-refractivity contribution in [3.8, 4) is 5.88 Å². The lowest BCUT2D eigenvalue weighted by Gasteiger charge is -2.23. The standard InChI is InChI=1S/C14H17F4N3O2/c1-21(10-4-5-19-7-10)12(22)9-2-3-11(20-6-9)23-8-14(17,18)13(15)16/h2-3,6,10,13,19H,4-5,7-8H2,1H3. The third-order valence-corrected chi connectivity index (χ3v) is 3.62. The molecule has 0 saturated carbocycles. The van der Waals surface area contributed by atoms with Crippen LogP contribution in [-0.4, -0.2) is 60.9 Å². The Hall–Kier alpha value is -1.90. The zero-order valence-electron chi connectivity index (χ0n) is 12.4. The average Bonchev–Trinajstić information content (AvgIpc) is 3.06. The Bertz CT molecular complexity index is 533. The van der Waals surface area contributed by atoms with Crippen LogP contribution >= 0.6 is 0 Å². The Morgan fingerprint density at radius 2 is 2.26 bits per heavy atom. The summed E-state index contributed by atoms with van der Waals surface area (Å²) in [6.45, 7) is 0.0733. The molecule has 1 aromatic heterocycles. The number of pyridine rings is 1. The lowest BCUT2D eigenvalue weighted by molar-refractivity contribution is -0.148. The van der Waals surface area contributed by atoms with Crippen molar-refractivity contribution < 1.29 is 27.1 Å². The molecule has 1 atom stereocenters. The van der Waals surface area contributed by atoms with E-state index < -0.39 is 19.0 Å². The first-order chi connectivity index (χ1) is 10.8. The number of nitrogens with one attached hydrogen (secondary N) is 1. The third-order valence-electron chi connectivity index (χ3n) is 3.62. The van der Waals surface area contributed by atoms with Gasteiger partial charge in [0, 0.05) is 31.9 Å². The number of rotatable bonds is 6. The maximum Gasteiger partial charge on any atom is 0.340 e. The smallest absolute Gasteiger partial charge is 0.340 e. The molecule has 0 aliphatic carbocycles. The summed E-state index contributed by atoms with van der Waals surface area (Å²) in [6.07, 6.45) is -1.78. The van der Waals surface area contributed by atoms with Crippen LogP contribution in [0.1, 0.15) is 16.8 Å². The van der Waals surface area contributed by atoms with Crippen LogP contribution in [0.5, 0.6) is 5.88 Å². The molecule has 128 valence electrons.